The van der Waals surface area contributed by atoms with E-state index in [0.717, 1.165) is 16.6 Å². The predicted molar refractivity (Wildman–Crippen MR) is 133 cm³/mol. The van der Waals surface area contributed by atoms with Crippen LogP contribution in [0.1, 0.15) is 40.6 Å². The molecule has 1 aliphatic rings. The molecule has 176 valence electrons. The largest absolute Gasteiger partial charge is 0.346 e. The van der Waals surface area contributed by atoms with Crippen LogP contribution >= 0.6 is 0 Å². The highest BCUT2D eigenvalue weighted by Gasteiger charge is 2.28. The van der Waals surface area contributed by atoms with Gasteiger partial charge in [-0.2, -0.15) is 0 Å². The van der Waals surface area contributed by atoms with Crippen LogP contribution in [0.3, 0.4) is 0 Å². The molecule has 0 saturated heterocycles. The number of fused-ring (bicyclic) bond motifs is 2. The zero-order chi connectivity index (χ0) is 24.2. The van der Waals surface area contributed by atoms with Crippen molar-refractivity contribution in [3.63, 3.8) is 0 Å². The fourth-order valence-electron chi connectivity index (χ4n) is 4.26. The molecular formula is C27H25N5O3. The number of carbonyl (C=O) groups excluding carboxylic acids is 3. The minimum atomic E-state index is -0.806. The fourth-order valence-corrected chi connectivity index (χ4v) is 4.26. The summed E-state index contributed by atoms with van der Waals surface area (Å²) in [6.45, 7) is 0. The molecule has 0 unspecified atom stereocenters. The molecule has 0 aliphatic carbocycles. The molecule has 0 fully saturated rings. The zero-order valence-corrected chi connectivity index (χ0v) is 19.0. The number of nitrogens with one attached hydrogen (secondary N) is 4. The van der Waals surface area contributed by atoms with E-state index in [2.05, 4.69) is 25.9 Å². The van der Waals surface area contributed by atoms with E-state index in [4.69, 9.17) is 0 Å². The van der Waals surface area contributed by atoms with Crippen LogP contribution in [0.4, 0.5) is 5.69 Å². The highest BCUT2D eigenvalue weighted by atomic mass is 16.2. The lowest BCUT2D eigenvalue weighted by Gasteiger charge is -2.18. The van der Waals surface area contributed by atoms with Crippen LogP contribution < -0.4 is 16.0 Å². The van der Waals surface area contributed by atoms with E-state index in [1.165, 1.54) is 0 Å². The molecule has 4 N–H and O–H groups in total. The van der Waals surface area contributed by atoms with Crippen molar-refractivity contribution in [3.05, 3.63) is 95.8 Å². The number of hydrogen-bond donors (Lipinski definition) is 4. The summed E-state index contributed by atoms with van der Waals surface area (Å²) in [5, 5.41) is 8.57. The number of benzene rings is 3. The summed E-state index contributed by atoms with van der Waals surface area (Å²) in [5.74, 6) is -0.239. The summed E-state index contributed by atoms with van der Waals surface area (Å²) in [4.78, 5) is 46.1. The highest BCUT2D eigenvalue weighted by molar-refractivity contribution is 6.09. The van der Waals surface area contributed by atoms with Crippen molar-refractivity contribution in [2.24, 2.45) is 0 Å². The van der Waals surface area contributed by atoms with Gasteiger partial charge in [-0.05, 0) is 42.7 Å². The van der Waals surface area contributed by atoms with Crippen LogP contribution in [0.2, 0.25) is 0 Å². The number of nitrogens with zero attached hydrogens (tertiary/aromatic N) is 1. The number of para-hydroxylation sites is 3. The normalized spacial score (nSPS) is 16.1. The van der Waals surface area contributed by atoms with Crippen molar-refractivity contribution in [1.82, 2.24) is 20.6 Å². The second-order valence-corrected chi connectivity index (χ2v) is 8.55. The van der Waals surface area contributed by atoms with Crippen molar-refractivity contribution in [2.45, 2.75) is 31.3 Å². The van der Waals surface area contributed by atoms with Gasteiger partial charge in [-0.15, -0.1) is 0 Å². The Hall–Kier alpha value is -4.46. The van der Waals surface area contributed by atoms with Crippen molar-refractivity contribution in [2.75, 3.05) is 5.32 Å². The molecule has 5 rings (SSSR count). The molecule has 8 nitrogen and oxygen atoms in total. The van der Waals surface area contributed by atoms with Gasteiger partial charge >= 0.3 is 0 Å². The first-order valence-corrected chi connectivity index (χ1v) is 11.6. The minimum absolute atomic E-state index is 0.0697. The molecule has 2 atom stereocenters. The van der Waals surface area contributed by atoms with Crippen LogP contribution in [0, 0.1) is 0 Å². The van der Waals surface area contributed by atoms with Crippen LogP contribution in [0.15, 0.2) is 78.9 Å². The summed E-state index contributed by atoms with van der Waals surface area (Å²) >= 11 is 0. The topological polar surface area (TPSA) is 116 Å². The molecule has 3 amide bonds. The van der Waals surface area contributed by atoms with Crippen LogP contribution in [-0.2, 0) is 16.0 Å². The van der Waals surface area contributed by atoms with Crippen molar-refractivity contribution in [3.8, 4) is 0 Å². The smallest absolute Gasteiger partial charge is 0.254 e. The van der Waals surface area contributed by atoms with Gasteiger partial charge < -0.3 is 20.9 Å². The average molecular weight is 468 g/mol. The number of amides is 3. The molecule has 0 radical (unpaired) electrons. The first-order valence-electron chi connectivity index (χ1n) is 11.6. The number of rotatable bonds is 7. The molecule has 8 heteroatoms. The van der Waals surface area contributed by atoms with Gasteiger partial charge in [0.05, 0.1) is 28.3 Å². The lowest BCUT2D eigenvalue weighted by atomic mass is 10.0. The summed E-state index contributed by atoms with van der Waals surface area (Å²) in [6.07, 6.45) is 0.804. The van der Waals surface area contributed by atoms with Gasteiger partial charge in [0, 0.05) is 6.42 Å². The van der Waals surface area contributed by atoms with Crippen LogP contribution in [0.5, 0.6) is 0 Å². The Morgan fingerprint density at radius 1 is 0.943 bits per heavy atom. The van der Waals surface area contributed by atoms with Gasteiger partial charge in [0.15, 0.2) is 0 Å². The van der Waals surface area contributed by atoms with Gasteiger partial charge in [-0.3, -0.25) is 14.4 Å². The Labute approximate surface area is 202 Å². The van der Waals surface area contributed by atoms with Crippen LogP contribution in [0.25, 0.3) is 11.0 Å². The predicted octanol–water partition coefficient (Wildman–Crippen LogP) is 3.49. The molecule has 1 aromatic heterocycles. The third-order valence-electron chi connectivity index (χ3n) is 6.07. The van der Waals surface area contributed by atoms with E-state index < -0.39 is 6.04 Å². The number of H-pyrrole nitrogens is 1. The zero-order valence-electron chi connectivity index (χ0n) is 19.0. The molecule has 35 heavy (non-hydrogen) atoms. The molecule has 0 spiro atoms. The quantitative estimate of drug-likeness (QED) is 0.333. The van der Waals surface area contributed by atoms with E-state index in [0.29, 0.717) is 23.5 Å². The van der Waals surface area contributed by atoms with E-state index in [9.17, 15) is 14.4 Å². The molecule has 4 aromatic rings. The lowest BCUT2D eigenvalue weighted by Crippen LogP contribution is -2.42. The highest BCUT2D eigenvalue weighted by Crippen LogP contribution is 2.21. The van der Waals surface area contributed by atoms with E-state index >= 15 is 0 Å². The summed E-state index contributed by atoms with van der Waals surface area (Å²) in [7, 11) is 0. The first-order chi connectivity index (χ1) is 17.1. The van der Waals surface area contributed by atoms with Crippen molar-refractivity contribution in [1.29, 1.82) is 0 Å². The van der Waals surface area contributed by atoms with Gasteiger partial charge in [-0.25, -0.2) is 4.98 Å². The Balaban J connectivity index is 1.28. The Bertz CT molecular complexity index is 1350. The van der Waals surface area contributed by atoms with Gasteiger partial charge in [0.1, 0.15) is 11.9 Å². The monoisotopic (exact) mass is 467 g/mol. The maximum Gasteiger partial charge on any atom is 0.254 e. The van der Waals surface area contributed by atoms with Gasteiger partial charge in [0.2, 0.25) is 11.8 Å². The molecular weight excluding hydrogens is 442 g/mol. The molecule has 1 aliphatic heterocycles. The molecule has 0 bridgehead atoms. The van der Waals surface area contributed by atoms with Crippen molar-refractivity contribution >= 4 is 34.4 Å². The second-order valence-electron chi connectivity index (χ2n) is 8.55. The molecule has 3 aromatic carbocycles. The Kier molecular flexibility index (Phi) is 6.26. The Morgan fingerprint density at radius 2 is 1.69 bits per heavy atom. The first kappa shape index (κ1) is 22.3. The maximum absolute atomic E-state index is 13.0. The van der Waals surface area contributed by atoms with E-state index in [-0.39, 0.29) is 36.6 Å². The molecule has 2 heterocycles. The third kappa shape index (κ3) is 5.06. The van der Waals surface area contributed by atoms with E-state index in [1.54, 1.807) is 24.3 Å². The standard InChI is InChI=1S/C27H25N5O3/c33-24(15-14-22-27(35)31-19-11-5-4-10-18(19)26(34)32-22)28-23(16-17-8-2-1-3-9-17)25-29-20-12-6-7-13-21(20)30-25/h1-13,22-23H,14-16H2,(H,28,33)(H,29,30)(H,31,35)(H,32,34)/t22-,23+/m0/s1. The third-order valence-corrected chi connectivity index (χ3v) is 6.07. The van der Waals surface area contributed by atoms with Crippen molar-refractivity contribution < 1.29 is 14.4 Å². The minimum Gasteiger partial charge on any atom is -0.346 e. The average Bonchev–Trinajstić information content (AvgIpc) is 3.26. The molecule has 0 saturated carbocycles. The number of hydrogen-bond acceptors (Lipinski definition) is 4. The fraction of sp³-hybridized carbons (Fsp3) is 0.185. The van der Waals surface area contributed by atoms with Gasteiger partial charge in [-0.1, -0.05) is 54.6 Å². The number of aromatic amines is 1. The van der Waals surface area contributed by atoms with Gasteiger partial charge in [0.25, 0.3) is 5.91 Å². The summed E-state index contributed by atoms with van der Waals surface area (Å²) < 4.78 is 0. The number of aromatic nitrogens is 2. The van der Waals surface area contributed by atoms with E-state index in [1.807, 2.05) is 54.6 Å². The lowest BCUT2D eigenvalue weighted by molar-refractivity contribution is -0.122. The maximum atomic E-state index is 13.0. The number of carbonyl (C=O) groups is 3. The van der Waals surface area contributed by atoms with Crippen LogP contribution in [-0.4, -0.2) is 33.7 Å². The SMILES string of the molecule is O=C(CC[C@@H]1NC(=O)c2ccccc2NC1=O)N[C@H](Cc1ccccc1)c1nc2ccccc2[nH]1. The summed E-state index contributed by atoms with van der Waals surface area (Å²) in [5.41, 5.74) is 3.65. The Morgan fingerprint density at radius 3 is 2.51 bits per heavy atom. The second kappa shape index (κ2) is 9.80. The summed E-state index contributed by atoms with van der Waals surface area (Å²) in [6, 6.07) is 23.2. The number of imidazole rings is 1. The number of anilines is 1.